The molecule has 1 saturated heterocycles. The predicted octanol–water partition coefficient (Wildman–Crippen LogP) is 4.48. The number of rotatable bonds is 6. The van der Waals surface area contributed by atoms with Crippen molar-refractivity contribution in [3.8, 4) is 0 Å². The molecule has 2 N–H and O–H groups in total. The summed E-state index contributed by atoms with van der Waals surface area (Å²) in [7, 11) is 0. The molecule has 1 atom stereocenters. The van der Waals surface area contributed by atoms with Crippen LogP contribution in [0.1, 0.15) is 51.4 Å². The van der Waals surface area contributed by atoms with Crippen LogP contribution in [0.2, 0.25) is 5.02 Å². The second-order valence-electron chi connectivity index (χ2n) is 8.19. The van der Waals surface area contributed by atoms with E-state index >= 15 is 0 Å². The van der Waals surface area contributed by atoms with Gasteiger partial charge in [-0.2, -0.15) is 0 Å². The van der Waals surface area contributed by atoms with Gasteiger partial charge in [-0.3, -0.25) is 14.6 Å². The molecule has 9 heteroatoms. The van der Waals surface area contributed by atoms with E-state index in [4.69, 9.17) is 16.3 Å². The number of carbonyl (C=O) groups excluding carboxylic acids is 3. The first kappa shape index (κ1) is 24.2. The van der Waals surface area contributed by atoms with Crippen LogP contribution in [0.3, 0.4) is 0 Å². The molecule has 0 radical (unpaired) electrons. The van der Waals surface area contributed by atoms with Crippen LogP contribution in [-0.4, -0.2) is 44.2 Å². The molecule has 1 aromatic carbocycles. The second-order valence-corrected chi connectivity index (χ2v) is 8.63. The largest absolute Gasteiger partial charge is 0.507 e. The summed E-state index contributed by atoms with van der Waals surface area (Å²) in [4.78, 5) is 47.3. The number of halogens is 1. The van der Waals surface area contributed by atoms with Gasteiger partial charge in [-0.25, -0.2) is 4.79 Å². The maximum Gasteiger partial charge on any atom is 0.355 e. The van der Waals surface area contributed by atoms with E-state index in [1.165, 1.54) is 4.90 Å². The van der Waals surface area contributed by atoms with Crippen molar-refractivity contribution in [1.82, 2.24) is 14.9 Å². The van der Waals surface area contributed by atoms with Crippen molar-refractivity contribution in [2.24, 2.45) is 0 Å². The van der Waals surface area contributed by atoms with Crippen LogP contribution < -0.4 is 0 Å². The van der Waals surface area contributed by atoms with E-state index in [0.717, 1.165) is 5.56 Å². The van der Waals surface area contributed by atoms with Crippen molar-refractivity contribution in [2.75, 3.05) is 6.61 Å². The number of aromatic amines is 1. The maximum atomic E-state index is 13.3. The number of ether oxygens (including phenoxy) is 1. The van der Waals surface area contributed by atoms with Crippen LogP contribution in [0.5, 0.6) is 0 Å². The van der Waals surface area contributed by atoms with E-state index in [1.54, 1.807) is 69.6 Å². The van der Waals surface area contributed by atoms with Crippen molar-refractivity contribution >= 4 is 35.0 Å². The highest BCUT2D eigenvalue weighted by atomic mass is 35.5. The molecule has 35 heavy (non-hydrogen) atoms. The Morgan fingerprint density at radius 3 is 2.66 bits per heavy atom. The molecule has 0 bridgehead atoms. The number of ketones is 1. The van der Waals surface area contributed by atoms with E-state index in [2.05, 4.69) is 9.97 Å². The van der Waals surface area contributed by atoms with Crippen LogP contribution in [0, 0.1) is 13.8 Å². The van der Waals surface area contributed by atoms with Gasteiger partial charge in [0.15, 0.2) is 0 Å². The zero-order valence-corrected chi connectivity index (χ0v) is 20.2. The van der Waals surface area contributed by atoms with Crippen molar-refractivity contribution in [2.45, 2.75) is 33.4 Å². The highest BCUT2D eigenvalue weighted by molar-refractivity contribution is 6.46. The Kier molecular flexibility index (Phi) is 6.75. The second kappa shape index (κ2) is 9.76. The number of carbonyl (C=O) groups is 3. The SMILES string of the molecule is CCOC(=O)c1[nH]c(C)c(/C(O)=C2\C(=O)C(=O)N(Cc3cccnc3)[C@H]2c2cccc(Cl)c2)c1C. The lowest BCUT2D eigenvalue weighted by Gasteiger charge is -2.25. The maximum absolute atomic E-state index is 13.3. The fourth-order valence-corrected chi connectivity index (χ4v) is 4.60. The molecule has 0 saturated carbocycles. The fraction of sp³-hybridized carbons (Fsp3) is 0.231. The van der Waals surface area contributed by atoms with Gasteiger partial charge >= 0.3 is 5.97 Å². The van der Waals surface area contributed by atoms with E-state index in [0.29, 0.717) is 21.8 Å². The van der Waals surface area contributed by atoms with Gasteiger partial charge < -0.3 is 19.7 Å². The third-order valence-corrected chi connectivity index (χ3v) is 6.17. The number of aliphatic hydroxyl groups excluding tert-OH is 1. The molecule has 3 aromatic rings. The summed E-state index contributed by atoms with van der Waals surface area (Å²) in [5.74, 6) is -2.52. The Hall–Kier alpha value is -3.91. The van der Waals surface area contributed by atoms with Crippen LogP contribution in [-0.2, 0) is 20.9 Å². The molecule has 3 heterocycles. The summed E-state index contributed by atoms with van der Waals surface area (Å²) in [5.41, 5.74) is 2.54. The molecule has 180 valence electrons. The predicted molar refractivity (Wildman–Crippen MR) is 130 cm³/mol. The van der Waals surface area contributed by atoms with Gasteiger partial charge in [-0.15, -0.1) is 0 Å². The average molecular weight is 494 g/mol. The number of aliphatic hydroxyl groups is 1. The van der Waals surface area contributed by atoms with E-state index < -0.39 is 23.7 Å². The normalized spacial score (nSPS) is 17.1. The average Bonchev–Trinajstić information content (AvgIpc) is 3.27. The first-order chi connectivity index (χ1) is 16.7. The molecular formula is C26H24ClN3O5. The number of hydrogen-bond donors (Lipinski definition) is 2. The minimum atomic E-state index is -0.895. The van der Waals surface area contributed by atoms with Crippen molar-refractivity contribution in [3.05, 3.63) is 93.0 Å². The highest BCUT2D eigenvalue weighted by Gasteiger charge is 2.46. The summed E-state index contributed by atoms with van der Waals surface area (Å²) in [5, 5.41) is 11.9. The third-order valence-electron chi connectivity index (χ3n) is 5.93. The topological polar surface area (TPSA) is 113 Å². The number of pyridine rings is 1. The lowest BCUT2D eigenvalue weighted by atomic mass is 9.94. The van der Waals surface area contributed by atoms with Crippen LogP contribution in [0.4, 0.5) is 0 Å². The van der Waals surface area contributed by atoms with Gasteiger partial charge in [0.25, 0.3) is 11.7 Å². The Morgan fingerprint density at radius 2 is 2.00 bits per heavy atom. The Labute approximate surface area is 207 Å². The Bertz CT molecular complexity index is 1350. The molecule has 0 spiro atoms. The molecule has 1 amide bonds. The fourth-order valence-electron chi connectivity index (χ4n) is 4.40. The Balaban J connectivity index is 1.90. The highest BCUT2D eigenvalue weighted by Crippen LogP contribution is 2.42. The summed E-state index contributed by atoms with van der Waals surface area (Å²) in [6.45, 7) is 5.30. The molecule has 1 aliphatic rings. The van der Waals surface area contributed by atoms with Crippen molar-refractivity contribution < 1.29 is 24.2 Å². The lowest BCUT2D eigenvalue weighted by Crippen LogP contribution is -2.29. The zero-order valence-electron chi connectivity index (χ0n) is 19.5. The summed E-state index contributed by atoms with van der Waals surface area (Å²) in [6, 6.07) is 9.44. The Morgan fingerprint density at radius 1 is 1.23 bits per heavy atom. The summed E-state index contributed by atoms with van der Waals surface area (Å²) >= 11 is 6.23. The minimum absolute atomic E-state index is 0.0817. The smallest absolute Gasteiger partial charge is 0.355 e. The van der Waals surface area contributed by atoms with E-state index in [1.807, 2.05) is 0 Å². The molecular weight excluding hydrogens is 470 g/mol. The summed E-state index contributed by atoms with van der Waals surface area (Å²) in [6.07, 6.45) is 3.23. The minimum Gasteiger partial charge on any atom is -0.507 e. The third kappa shape index (κ3) is 4.44. The first-order valence-electron chi connectivity index (χ1n) is 11.0. The molecule has 0 aliphatic carbocycles. The molecule has 4 rings (SSSR count). The van der Waals surface area contributed by atoms with E-state index in [9.17, 15) is 19.5 Å². The molecule has 2 aromatic heterocycles. The number of nitrogens with one attached hydrogen (secondary N) is 1. The van der Waals surface area contributed by atoms with Crippen molar-refractivity contribution in [1.29, 1.82) is 0 Å². The van der Waals surface area contributed by atoms with Gasteiger partial charge in [-0.1, -0.05) is 29.8 Å². The number of esters is 1. The number of H-pyrrole nitrogens is 1. The van der Waals surface area contributed by atoms with E-state index in [-0.39, 0.29) is 35.7 Å². The molecule has 8 nitrogen and oxygen atoms in total. The quantitative estimate of drug-likeness (QED) is 0.226. The number of nitrogens with zero attached hydrogens (tertiary/aromatic N) is 2. The lowest BCUT2D eigenvalue weighted by molar-refractivity contribution is -0.140. The zero-order chi connectivity index (χ0) is 25.3. The number of aryl methyl sites for hydroxylation is 1. The van der Waals surface area contributed by atoms with Gasteiger partial charge in [0.05, 0.1) is 18.2 Å². The van der Waals surface area contributed by atoms with Gasteiger partial charge in [0, 0.05) is 35.2 Å². The van der Waals surface area contributed by atoms with Crippen molar-refractivity contribution in [3.63, 3.8) is 0 Å². The summed E-state index contributed by atoms with van der Waals surface area (Å²) < 4.78 is 5.09. The number of aromatic nitrogens is 2. The van der Waals surface area contributed by atoms with Crippen LogP contribution in [0.15, 0.2) is 54.4 Å². The monoisotopic (exact) mass is 493 g/mol. The first-order valence-corrected chi connectivity index (χ1v) is 11.4. The van der Waals surface area contributed by atoms with Gasteiger partial charge in [0.1, 0.15) is 11.5 Å². The number of hydrogen-bond acceptors (Lipinski definition) is 6. The number of likely N-dealkylation sites (tertiary alicyclic amines) is 1. The number of Topliss-reactive ketones (excluding diaryl/α,β-unsaturated/α-hetero) is 1. The molecule has 1 fully saturated rings. The van der Waals surface area contributed by atoms with Crippen LogP contribution >= 0.6 is 11.6 Å². The van der Waals surface area contributed by atoms with Gasteiger partial charge in [-0.05, 0) is 55.7 Å². The molecule has 0 unspecified atom stereocenters. The molecule has 1 aliphatic heterocycles. The van der Waals surface area contributed by atoms with Crippen LogP contribution in [0.25, 0.3) is 5.76 Å². The number of amides is 1. The number of benzene rings is 1. The standard InChI is InChI=1S/C26H24ClN3O5/c1-4-35-26(34)21-14(2)19(15(3)29-21)23(31)20-22(17-8-5-9-18(27)11-17)30(25(33)24(20)32)13-16-7-6-10-28-12-16/h5-12,22,29,31H,4,13H2,1-3H3/b23-20+/t22-/m0/s1. The van der Waals surface area contributed by atoms with Gasteiger partial charge in [0.2, 0.25) is 0 Å².